The first kappa shape index (κ1) is 15.4. The Hall–Kier alpha value is -0.610. The Labute approximate surface area is 111 Å². The first-order valence-corrected chi connectivity index (χ1v) is 7.24. The molecule has 1 heterocycles. The lowest BCUT2D eigenvalue weighted by Gasteiger charge is -2.40. The molecule has 106 valence electrons. The molecule has 0 spiro atoms. The Balaban J connectivity index is 2.39. The van der Waals surface area contributed by atoms with E-state index < -0.39 is 5.97 Å². The number of rotatable bonds is 7. The minimum Gasteiger partial charge on any atom is -0.481 e. The second-order valence-electron chi connectivity index (χ2n) is 5.49. The molecule has 1 fully saturated rings. The van der Waals surface area contributed by atoms with E-state index in [0.717, 1.165) is 19.5 Å². The van der Waals surface area contributed by atoms with Crippen molar-refractivity contribution in [3.05, 3.63) is 0 Å². The van der Waals surface area contributed by atoms with Crippen molar-refractivity contribution in [2.24, 2.45) is 0 Å². The summed E-state index contributed by atoms with van der Waals surface area (Å²) in [5.74, 6) is -0.681. The quantitative estimate of drug-likeness (QED) is 0.757. The fourth-order valence-corrected chi connectivity index (χ4v) is 2.84. The summed E-state index contributed by atoms with van der Waals surface area (Å²) >= 11 is 0. The molecule has 0 aromatic rings. The van der Waals surface area contributed by atoms with Gasteiger partial charge in [-0.1, -0.05) is 6.92 Å². The average Bonchev–Trinajstić information content (AvgIpc) is 2.34. The number of likely N-dealkylation sites (tertiary alicyclic amines) is 1. The first-order chi connectivity index (χ1) is 8.54. The average molecular weight is 256 g/mol. The van der Waals surface area contributed by atoms with Crippen molar-refractivity contribution >= 4 is 5.97 Å². The monoisotopic (exact) mass is 256 g/mol. The van der Waals surface area contributed by atoms with Crippen LogP contribution in [-0.4, -0.2) is 59.1 Å². The minimum absolute atomic E-state index is 0.289. The van der Waals surface area contributed by atoms with Crippen molar-refractivity contribution in [3.63, 3.8) is 0 Å². The molecule has 0 amide bonds. The molecule has 0 aliphatic carbocycles. The van der Waals surface area contributed by atoms with Crippen molar-refractivity contribution in [1.29, 1.82) is 0 Å². The summed E-state index contributed by atoms with van der Waals surface area (Å²) in [6.45, 7) is 11.1. The van der Waals surface area contributed by atoms with Crippen LogP contribution < -0.4 is 0 Å². The normalized spacial score (nSPS) is 18.7. The van der Waals surface area contributed by atoms with Crippen molar-refractivity contribution in [3.8, 4) is 0 Å². The number of carboxylic acids is 1. The molecular weight excluding hydrogens is 228 g/mol. The fraction of sp³-hybridized carbons (Fsp3) is 0.929. The molecule has 1 rings (SSSR count). The smallest absolute Gasteiger partial charge is 0.303 e. The molecule has 0 atom stereocenters. The Morgan fingerprint density at radius 2 is 2.00 bits per heavy atom. The molecule has 1 aliphatic rings. The standard InChI is InChI=1S/C14H28N2O2/c1-4-15-10-7-13(8-11-15)16(12(2)3)9-5-6-14(17)18/h12-13H,4-11H2,1-3H3,(H,17,18). The molecule has 0 bridgehead atoms. The zero-order valence-corrected chi connectivity index (χ0v) is 12.1. The number of hydrogen-bond donors (Lipinski definition) is 1. The molecule has 1 aliphatic heterocycles. The highest BCUT2D eigenvalue weighted by molar-refractivity contribution is 5.66. The van der Waals surface area contributed by atoms with E-state index in [2.05, 4.69) is 30.6 Å². The van der Waals surface area contributed by atoms with Crippen LogP contribution in [0.1, 0.15) is 46.5 Å². The topological polar surface area (TPSA) is 43.8 Å². The lowest BCUT2D eigenvalue weighted by Crippen LogP contribution is -2.47. The van der Waals surface area contributed by atoms with Crippen LogP contribution in [0, 0.1) is 0 Å². The van der Waals surface area contributed by atoms with Gasteiger partial charge in [-0.25, -0.2) is 0 Å². The van der Waals surface area contributed by atoms with E-state index in [9.17, 15) is 4.79 Å². The Bertz CT molecular complexity index is 248. The van der Waals surface area contributed by atoms with Gasteiger partial charge in [0.05, 0.1) is 0 Å². The van der Waals surface area contributed by atoms with Gasteiger partial charge in [0.1, 0.15) is 0 Å². The highest BCUT2D eigenvalue weighted by Gasteiger charge is 2.25. The number of carboxylic acid groups (broad SMARTS) is 1. The van der Waals surface area contributed by atoms with Gasteiger partial charge in [0, 0.05) is 18.5 Å². The summed E-state index contributed by atoms with van der Waals surface area (Å²) in [6, 6.07) is 1.15. The van der Waals surface area contributed by atoms with Gasteiger partial charge in [-0.05, 0) is 59.3 Å². The molecule has 0 unspecified atom stereocenters. The van der Waals surface area contributed by atoms with Gasteiger partial charge in [-0.2, -0.15) is 0 Å². The summed E-state index contributed by atoms with van der Waals surface area (Å²) in [5, 5.41) is 8.72. The van der Waals surface area contributed by atoms with Crippen LogP contribution in [0.4, 0.5) is 0 Å². The summed E-state index contributed by atoms with van der Waals surface area (Å²) < 4.78 is 0. The lowest BCUT2D eigenvalue weighted by molar-refractivity contribution is -0.137. The molecule has 18 heavy (non-hydrogen) atoms. The third kappa shape index (κ3) is 4.94. The third-order valence-electron chi connectivity index (χ3n) is 3.94. The van der Waals surface area contributed by atoms with Gasteiger partial charge in [0.15, 0.2) is 0 Å². The maximum absolute atomic E-state index is 10.6. The van der Waals surface area contributed by atoms with Crippen molar-refractivity contribution in [2.75, 3.05) is 26.2 Å². The molecule has 1 N–H and O–H groups in total. The molecular formula is C14H28N2O2. The van der Waals surface area contributed by atoms with E-state index >= 15 is 0 Å². The van der Waals surface area contributed by atoms with Crippen molar-refractivity contribution < 1.29 is 9.90 Å². The predicted octanol–water partition coefficient (Wildman–Crippen LogP) is 2.05. The van der Waals surface area contributed by atoms with Crippen LogP contribution in [0.5, 0.6) is 0 Å². The van der Waals surface area contributed by atoms with Crippen LogP contribution in [0.15, 0.2) is 0 Å². The molecule has 0 radical (unpaired) electrons. The predicted molar refractivity (Wildman–Crippen MR) is 73.8 cm³/mol. The van der Waals surface area contributed by atoms with E-state index in [0.29, 0.717) is 12.1 Å². The maximum Gasteiger partial charge on any atom is 0.303 e. The summed E-state index contributed by atoms with van der Waals surface area (Å²) in [5.41, 5.74) is 0. The zero-order valence-electron chi connectivity index (χ0n) is 12.1. The van der Waals surface area contributed by atoms with Crippen LogP contribution in [0.2, 0.25) is 0 Å². The number of carbonyl (C=O) groups is 1. The van der Waals surface area contributed by atoms with Crippen LogP contribution >= 0.6 is 0 Å². The Kier molecular flexibility index (Phi) is 6.65. The lowest BCUT2D eigenvalue weighted by atomic mass is 10.0. The largest absolute Gasteiger partial charge is 0.481 e. The Morgan fingerprint density at radius 3 is 2.44 bits per heavy atom. The van der Waals surface area contributed by atoms with Crippen LogP contribution in [0.3, 0.4) is 0 Å². The van der Waals surface area contributed by atoms with Gasteiger partial charge in [-0.15, -0.1) is 0 Å². The SMILES string of the molecule is CCN1CCC(N(CCCC(=O)O)C(C)C)CC1. The summed E-state index contributed by atoms with van der Waals surface area (Å²) in [4.78, 5) is 15.6. The third-order valence-corrected chi connectivity index (χ3v) is 3.94. The van der Waals surface area contributed by atoms with Crippen LogP contribution in [-0.2, 0) is 4.79 Å². The number of hydrogen-bond acceptors (Lipinski definition) is 3. The Morgan fingerprint density at radius 1 is 1.39 bits per heavy atom. The summed E-state index contributed by atoms with van der Waals surface area (Å²) in [6.07, 6.45) is 3.50. The molecule has 4 heteroatoms. The van der Waals surface area contributed by atoms with E-state index in [1.54, 1.807) is 0 Å². The number of piperidine rings is 1. The van der Waals surface area contributed by atoms with Gasteiger partial charge in [-0.3, -0.25) is 9.69 Å². The van der Waals surface area contributed by atoms with Gasteiger partial charge < -0.3 is 10.0 Å². The fourth-order valence-electron chi connectivity index (χ4n) is 2.84. The highest BCUT2D eigenvalue weighted by Crippen LogP contribution is 2.19. The molecule has 1 saturated heterocycles. The van der Waals surface area contributed by atoms with Crippen molar-refractivity contribution in [2.45, 2.75) is 58.5 Å². The maximum atomic E-state index is 10.6. The first-order valence-electron chi connectivity index (χ1n) is 7.24. The second kappa shape index (κ2) is 7.74. The zero-order chi connectivity index (χ0) is 13.5. The van der Waals surface area contributed by atoms with E-state index in [-0.39, 0.29) is 6.42 Å². The minimum atomic E-state index is -0.681. The number of nitrogens with zero attached hydrogens (tertiary/aromatic N) is 2. The molecule has 0 aromatic carbocycles. The van der Waals surface area contributed by atoms with E-state index in [1.807, 2.05) is 0 Å². The van der Waals surface area contributed by atoms with Gasteiger partial charge >= 0.3 is 5.97 Å². The van der Waals surface area contributed by atoms with Crippen molar-refractivity contribution in [1.82, 2.24) is 9.80 Å². The van der Waals surface area contributed by atoms with E-state index in [1.165, 1.54) is 25.9 Å². The molecule has 4 nitrogen and oxygen atoms in total. The molecule has 0 aromatic heterocycles. The van der Waals surface area contributed by atoms with Gasteiger partial charge in [0.25, 0.3) is 0 Å². The second-order valence-corrected chi connectivity index (χ2v) is 5.49. The number of aliphatic carboxylic acids is 1. The summed E-state index contributed by atoms with van der Waals surface area (Å²) in [7, 11) is 0. The van der Waals surface area contributed by atoms with Crippen LogP contribution in [0.25, 0.3) is 0 Å². The highest BCUT2D eigenvalue weighted by atomic mass is 16.4. The van der Waals surface area contributed by atoms with Gasteiger partial charge in [0.2, 0.25) is 0 Å². The van der Waals surface area contributed by atoms with E-state index in [4.69, 9.17) is 5.11 Å². The molecule has 0 saturated carbocycles.